The summed E-state index contributed by atoms with van der Waals surface area (Å²) >= 11 is 5.23. The van der Waals surface area contributed by atoms with Gasteiger partial charge in [-0.1, -0.05) is 13.8 Å². The van der Waals surface area contributed by atoms with Crippen LogP contribution in [0.5, 0.6) is 0 Å². The van der Waals surface area contributed by atoms with Gasteiger partial charge in [-0.2, -0.15) is 5.10 Å². The van der Waals surface area contributed by atoms with Gasteiger partial charge >= 0.3 is 0 Å². The number of hydrogen-bond acceptors (Lipinski definition) is 3. The molecule has 0 amide bonds. The van der Waals surface area contributed by atoms with Crippen LogP contribution in [0.2, 0.25) is 0 Å². The number of ether oxygens (including phenoxy) is 1. The van der Waals surface area contributed by atoms with E-state index in [0.29, 0.717) is 11.8 Å². The van der Waals surface area contributed by atoms with Gasteiger partial charge in [0.05, 0.1) is 6.61 Å². The Hall–Kier alpha value is -0.680. The molecule has 84 valence electrons. The number of rotatable bonds is 3. The zero-order valence-electron chi connectivity index (χ0n) is 9.19. The van der Waals surface area contributed by atoms with Crippen molar-refractivity contribution in [2.75, 3.05) is 13.2 Å². The molecule has 0 bridgehead atoms. The van der Waals surface area contributed by atoms with Crippen LogP contribution in [0.3, 0.4) is 0 Å². The molecule has 0 radical (unpaired) electrons. The highest BCUT2D eigenvalue weighted by molar-refractivity contribution is 7.71. The molecule has 1 unspecified atom stereocenters. The van der Waals surface area contributed by atoms with Crippen LogP contribution in [-0.2, 0) is 11.3 Å². The quantitative estimate of drug-likeness (QED) is 0.804. The first-order chi connectivity index (χ1) is 7.18. The summed E-state index contributed by atoms with van der Waals surface area (Å²) in [5, 5.41) is 7.13. The summed E-state index contributed by atoms with van der Waals surface area (Å²) in [6.07, 6.45) is 1.13. The summed E-state index contributed by atoms with van der Waals surface area (Å²) in [6, 6.07) is 0. The number of nitrogens with zero attached hydrogens (tertiary/aromatic N) is 2. The molecule has 4 nitrogen and oxygen atoms in total. The maximum Gasteiger partial charge on any atom is 0.195 e. The number of aromatic amines is 1. The Morgan fingerprint density at radius 1 is 1.67 bits per heavy atom. The third-order valence-corrected chi connectivity index (χ3v) is 3.08. The number of aromatic nitrogens is 3. The van der Waals surface area contributed by atoms with Crippen molar-refractivity contribution < 1.29 is 4.74 Å². The van der Waals surface area contributed by atoms with Crippen molar-refractivity contribution in [3.63, 3.8) is 0 Å². The summed E-state index contributed by atoms with van der Waals surface area (Å²) in [7, 11) is 0. The van der Waals surface area contributed by atoms with Gasteiger partial charge in [0.25, 0.3) is 0 Å². The minimum Gasteiger partial charge on any atom is -0.381 e. The summed E-state index contributed by atoms with van der Waals surface area (Å²) in [4.78, 5) is 0. The molecule has 1 aromatic rings. The average molecular weight is 227 g/mol. The maximum atomic E-state index is 5.37. The molecule has 1 saturated heterocycles. The number of H-pyrrole nitrogens is 1. The predicted molar refractivity (Wildman–Crippen MR) is 60.4 cm³/mol. The van der Waals surface area contributed by atoms with Gasteiger partial charge in [0.1, 0.15) is 5.82 Å². The van der Waals surface area contributed by atoms with Crippen LogP contribution in [0.1, 0.15) is 32.0 Å². The normalized spacial score (nSPS) is 21.4. The minimum absolute atomic E-state index is 0.403. The van der Waals surface area contributed by atoms with Gasteiger partial charge in [0, 0.05) is 25.0 Å². The molecule has 1 aromatic heterocycles. The maximum absolute atomic E-state index is 5.37. The van der Waals surface area contributed by atoms with E-state index in [4.69, 9.17) is 17.0 Å². The van der Waals surface area contributed by atoms with Crippen LogP contribution >= 0.6 is 12.2 Å². The van der Waals surface area contributed by atoms with Gasteiger partial charge in [0.2, 0.25) is 0 Å². The van der Waals surface area contributed by atoms with Crippen molar-refractivity contribution in [1.29, 1.82) is 0 Å². The summed E-state index contributed by atoms with van der Waals surface area (Å²) in [6.45, 7) is 6.93. The van der Waals surface area contributed by atoms with Crippen molar-refractivity contribution in [3.05, 3.63) is 10.6 Å². The standard InChI is InChI=1S/C10H17N3OS/c1-7(2)9-11-12-10(15)13(9)5-8-3-4-14-6-8/h7-8H,3-6H2,1-2H3,(H,12,15). The topological polar surface area (TPSA) is 42.8 Å². The lowest BCUT2D eigenvalue weighted by molar-refractivity contribution is 0.182. The SMILES string of the molecule is CC(C)c1n[nH]c(=S)n1CC1CCOC1. The molecular weight excluding hydrogens is 210 g/mol. The highest BCUT2D eigenvalue weighted by Gasteiger charge is 2.19. The molecule has 2 heterocycles. The molecule has 1 aliphatic heterocycles. The van der Waals surface area contributed by atoms with Gasteiger partial charge < -0.3 is 9.30 Å². The highest BCUT2D eigenvalue weighted by atomic mass is 32.1. The van der Waals surface area contributed by atoms with Crippen LogP contribution in [0.25, 0.3) is 0 Å². The first kappa shape index (κ1) is 10.8. The lowest BCUT2D eigenvalue weighted by atomic mass is 10.1. The molecule has 0 spiro atoms. The average Bonchev–Trinajstić information content (AvgIpc) is 2.78. The fraction of sp³-hybridized carbons (Fsp3) is 0.800. The number of nitrogens with one attached hydrogen (secondary N) is 1. The van der Waals surface area contributed by atoms with E-state index in [1.165, 1.54) is 0 Å². The lowest BCUT2D eigenvalue weighted by Crippen LogP contribution is -2.14. The van der Waals surface area contributed by atoms with Crippen molar-refractivity contribution in [2.24, 2.45) is 5.92 Å². The third kappa shape index (κ3) is 2.29. The second-order valence-corrected chi connectivity index (χ2v) is 4.77. The molecule has 0 saturated carbocycles. The number of hydrogen-bond donors (Lipinski definition) is 1. The molecule has 1 aliphatic rings. The lowest BCUT2D eigenvalue weighted by Gasteiger charge is -2.12. The van der Waals surface area contributed by atoms with E-state index >= 15 is 0 Å². The second kappa shape index (κ2) is 4.45. The van der Waals surface area contributed by atoms with Crippen molar-refractivity contribution in [3.8, 4) is 0 Å². The van der Waals surface area contributed by atoms with E-state index in [1.54, 1.807) is 0 Å². The molecule has 1 atom stereocenters. The van der Waals surface area contributed by atoms with Crippen LogP contribution in [-0.4, -0.2) is 28.0 Å². The molecule has 1 N–H and O–H groups in total. The van der Waals surface area contributed by atoms with Gasteiger partial charge in [-0.05, 0) is 18.6 Å². The monoisotopic (exact) mass is 227 g/mol. The summed E-state index contributed by atoms with van der Waals surface area (Å²) in [5.41, 5.74) is 0. The van der Waals surface area contributed by atoms with Crippen LogP contribution in [0.15, 0.2) is 0 Å². The Bertz CT molecular complexity index is 376. The molecule has 0 aliphatic carbocycles. The van der Waals surface area contributed by atoms with Crippen molar-refractivity contribution in [2.45, 2.75) is 32.7 Å². The molecule has 1 fully saturated rings. The molecular formula is C10H17N3OS. The Labute approximate surface area is 94.6 Å². The Balaban J connectivity index is 2.18. The van der Waals surface area contributed by atoms with E-state index in [1.807, 2.05) is 0 Å². The Kier molecular flexibility index (Phi) is 3.21. The molecule has 5 heteroatoms. The smallest absolute Gasteiger partial charge is 0.195 e. The molecule has 2 rings (SSSR count). The fourth-order valence-electron chi connectivity index (χ4n) is 1.93. The van der Waals surface area contributed by atoms with E-state index in [-0.39, 0.29) is 0 Å². The fourth-order valence-corrected chi connectivity index (χ4v) is 2.15. The molecule has 0 aromatic carbocycles. The largest absolute Gasteiger partial charge is 0.381 e. The van der Waals surface area contributed by atoms with Crippen molar-refractivity contribution in [1.82, 2.24) is 14.8 Å². The van der Waals surface area contributed by atoms with E-state index in [9.17, 15) is 0 Å². The van der Waals surface area contributed by atoms with Gasteiger partial charge in [-0.3, -0.25) is 5.10 Å². The van der Waals surface area contributed by atoms with Gasteiger partial charge in [-0.15, -0.1) is 0 Å². The van der Waals surface area contributed by atoms with Crippen LogP contribution in [0, 0.1) is 10.7 Å². The second-order valence-electron chi connectivity index (χ2n) is 4.38. The van der Waals surface area contributed by atoms with Crippen LogP contribution < -0.4 is 0 Å². The predicted octanol–water partition coefficient (Wildman–Crippen LogP) is 2.10. The summed E-state index contributed by atoms with van der Waals surface area (Å²) < 4.78 is 8.21. The Morgan fingerprint density at radius 3 is 3.07 bits per heavy atom. The van der Waals surface area contributed by atoms with E-state index < -0.39 is 0 Å². The first-order valence-electron chi connectivity index (χ1n) is 5.41. The highest BCUT2D eigenvalue weighted by Crippen LogP contribution is 2.18. The van der Waals surface area contributed by atoms with Gasteiger partial charge in [-0.25, -0.2) is 0 Å². The van der Waals surface area contributed by atoms with Crippen molar-refractivity contribution >= 4 is 12.2 Å². The zero-order chi connectivity index (χ0) is 10.8. The summed E-state index contributed by atoms with van der Waals surface area (Å²) in [5.74, 6) is 2.04. The Morgan fingerprint density at radius 2 is 2.47 bits per heavy atom. The zero-order valence-corrected chi connectivity index (χ0v) is 10.0. The van der Waals surface area contributed by atoms with Gasteiger partial charge in [0.15, 0.2) is 4.77 Å². The van der Waals surface area contributed by atoms with E-state index in [0.717, 1.165) is 36.8 Å². The minimum atomic E-state index is 0.403. The first-order valence-corrected chi connectivity index (χ1v) is 5.82. The third-order valence-electron chi connectivity index (χ3n) is 2.77. The van der Waals surface area contributed by atoms with Crippen LogP contribution in [0.4, 0.5) is 0 Å². The molecule has 15 heavy (non-hydrogen) atoms. The van der Waals surface area contributed by atoms with E-state index in [2.05, 4.69) is 28.6 Å².